The lowest BCUT2D eigenvalue weighted by Crippen LogP contribution is -2.11. The van der Waals surface area contributed by atoms with Crippen molar-refractivity contribution in [2.75, 3.05) is 12.4 Å². The van der Waals surface area contributed by atoms with Crippen LogP contribution in [0.1, 0.15) is 17.2 Å². The second kappa shape index (κ2) is 9.40. The van der Waals surface area contributed by atoms with Crippen molar-refractivity contribution in [3.63, 3.8) is 0 Å². The zero-order valence-electron chi connectivity index (χ0n) is 15.2. The summed E-state index contributed by atoms with van der Waals surface area (Å²) in [5.74, 6) is 0.0145. The molecule has 152 valence electrons. The zero-order chi connectivity index (χ0) is 18.8. The quantitative estimate of drug-likeness (QED) is 0.489. The number of hydrogen-bond acceptors (Lipinski definition) is 4. The van der Waals surface area contributed by atoms with Gasteiger partial charge >= 0.3 is 6.09 Å². The molecule has 29 heavy (non-hydrogen) atoms. The number of nitrogens with one attached hydrogen (secondary N) is 2. The summed E-state index contributed by atoms with van der Waals surface area (Å²) in [6.07, 6.45) is 4.67. The van der Waals surface area contributed by atoms with Gasteiger partial charge in [0, 0.05) is 12.4 Å². The Kier molecular flexibility index (Phi) is 7.19. The van der Waals surface area contributed by atoms with Crippen LogP contribution in [0.5, 0.6) is 0 Å². The minimum atomic E-state index is -0.600. The number of ether oxygens (including phenoxy) is 1. The highest BCUT2D eigenvalue weighted by Crippen LogP contribution is 2.29. The number of aromatic nitrogens is 4. The van der Waals surface area contributed by atoms with E-state index in [4.69, 9.17) is 0 Å². The first kappa shape index (κ1) is 22.2. The second-order valence-corrected chi connectivity index (χ2v) is 5.94. The lowest BCUT2D eigenvalue weighted by atomic mass is 9.98. The molecule has 0 aliphatic carbocycles. The van der Waals surface area contributed by atoms with Crippen LogP contribution in [0, 0.1) is 5.82 Å². The van der Waals surface area contributed by atoms with Gasteiger partial charge in [-0.05, 0) is 35.4 Å². The van der Waals surface area contributed by atoms with E-state index in [1.807, 2.05) is 29.0 Å². The molecule has 0 fully saturated rings. The summed E-state index contributed by atoms with van der Waals surface area (Å²) in [6, 6.07) is 11.9. The second-order valence-electron chi connectivity index (χ2n) is 5.94. The third kappa shape index (κ3) is 4.67. The Morgan fingerprint density at radius 3 is 2.55 bits per heavy atom. The molecule has 0 bridgehead atoms. The molecule has 7 nitrogen and oxygen atoms in total. The first-order valence-electron chi connectivity index (χ1n) is 8.21. The van der Waals surface area contributed by atoms with E-state index in [0.717, 1.165) is 16.6 Å². The van der Waals surface area contributed by atoms with E-state index in [2.05, 4.69) is 25.0 Å². The standard InChI is InChI=1S/C19H16FN5O2.2ClH/c1-27-19(26)24-18-22-15-7-4-13(10-16(15)23-18)17(25-9-8-21-11-25)12-2-5-14(20)6-3-12;;/h2-11,17H,1H3,(H2,22,23,24,26);2*1H. The highest BCUT2D eigenvalue weighted by Gasteiger charge is 2.17. The van der Waals surface area contributed by atoms with Crippen molar-refractivity contribution in [2.45, 2.75) is 6.04 Å². The van der Waals surface area contributed by atoms with Crippen LogP contribution in [0.25, 0.3) is 11.0 Å². The third-order valence-electron chi connectivity index (χ3n) is 4.24. The molecule has 4 aromatic rings. The highest BCUT2D eigenvalue weighted by atomic mass is 35.5. The van der Waals surface area contributed by atoms with Crippen LogP contribution in [0.4, 0.5) is 15.1 Å². The Balaban J connectivity index is 0.00000150. The number of halogens is 3. The Bertz CT molecular complexity index is 1080. The van der Waals surface area contributed by atoms with Crippen LogP contribution in [0.2, 0.25) is 0 Å². The van der Waals surface area contributed by atoms with E-state index in [1.165, 1.54) is 19.2 Å². The Morgan fingerprint density at radius 2 is 1.90 bits per heavy atom. The maximum Gasteiger partial charge on any atom is 0.413 e. The van der Waals surface area contributed by atoms with Crippen LogP contribution < -0.4 is 5.32 Å². The van der Waals surface area contributed by atoms with Crippen LogP contribution in [-0.2, 0) is 4.74 Å². The molecule has 2 aromatic heterocycles. The normalized spacial score (nSPS) is 11.2. The summed E-state index contributed by atoms with van der Waals surface area (Å²) < 4.78 is 19.9. The summed E-state index contributed by atoms with van der Waals surface area (Å²) in [6.45, 7) is 0. The smallest absolute Gasteiger partial charge is 0.413 e. The lowest BCUT2D eigenvalue weighted by molar-refractivity contribution is 0.186. The molecule has 0 saturated carbocycles. The minimum Gasteiger partial charge on any atom is -0.453 e. The van der Waals surface area contributed by atoms with Gasteiger partial charge < -0.3 is 14.3 Å². The number of aromatic amines is 1. The largest absolute Gasteiger partial charge is 0.453 e. The SMILES string of the molecule is COC(=O)Nc1nc2ccc(C(c3ccc(F)cc3)n3ccnc3)cc2[nH]1.Cl.Cl. The number of H-pyrrole nitrogens is 1. The van der Waals surface area contributed by atoms with Crippen LogP contribution in [-0.4, -0.2) is 32.7 Å². The van der Waals surface area contributed by atoms with Gasteiger partial charge in [0.2, 0.25) is 5.95 Å². The fourth-order valence-corrected chi connectivity index (χ4v) is 3.01. The molecule has 1 atom stereocenters. The van der Waals surface area contributed by atoms with Gasteiger partial charge in [-0.3, -0.25) is 5.32 Å². The molecule has 0 aliphatic rings. The average molecular weight is 438 g/mol. The number of amides is 1. The number of methoxy groups -OCH3 is 1. The van der Waals surface area contributed by atoms with E-state index in [9.17, 15) is 9.18 Å². The maximum absolute atomic E-state index is 13.4. The first-order chi connectivity index (χ1) is 13.1. The molecule has 1 unspecified atom stereocenters. The first-order valence-corrected chi connectivity index (χ1v) is 8.21. The van der Waals surface area contributed by atoms with E-state index in [-0.39, 0.29) is 36.7 Å². The van der Waals surface area contributed by atoms with Crippen molar-refractivity contribution in [1.29, 1.82) is 0 Å². The molecule has 4 rings (SSSR count). The third-order valence-corrected chi connectivity index (χ3v) is 4.24. The molecular weight excluding hydrogens is 420 g/mol. The number of benzene rings is 2. The van der Waals surface area contributed by atoms with Crippen LogP contribution in [0.3, 0.4) is 0 Å². The van der Waals surface area contributed by atoms with Crippen molar-refractivity contribution in [2.24, 2.45) is 0 Å². The number of hydrogen-bond donors (Lipinski definition) is 2. The maximum atomic E-state index is 13.4. The number of carbonyl (C=O) groups is 1. The van der Waals surface area contributed by atoms with Gasteiger partial charge in [-0.15, -0.1) is 24.8 Å². The number of fused-ring (bicyclic) bond motifs is 1. The minimum absolute atomic E-state index is 0. The van der Waals surface area contributed by atoms with Crippen molar-refractivity contribution in [1.82, 2.24) is 19.5 Å². The van der Waals surface area contributed by atoms with E-state index in [1.54, 1.807) is 24.7 Å². The molecule has 1 amide bonds. The summed E-state index contributed by atoms with van der Waals surface area (Å²) in [5, 5.41) is 2.51. The topological polar surface area (TPSA) is 84.8 Å². The molecule has 0 saturated heterocycles. The van der Waals surface area contributed by atoms with Crippen molar-refractivity contribution < 1.29 is 13.9 Å². The van der Waals surface area contributed by atoms with Gasteiger partial charge in [0.05, 0.1) is 30.5 Å². The van der Waals surface area contributed by atoms with Gasteiger partial charge in [-0.25, -0.2) is 19.2 Å². The summed E-state index contributed by atoms with van der Waals surface area (Å²) >= 11 is 0. The number of imidazole rings is 2. The molecule has 10 heteroatoms. The van der Waals surface area contributed by atoms with Crippen LogP contribution >= 0.6 is 24.8 Å². The van der Waals surface area contributed by atoms with Gasteiger partial charge in [-0.2, -0.15) is 0 Å². The predicted molar refractivity (Wildman–Crippen MR) is 112 cm³/mol. The van der Waals surface area contributed by atoms with Gasteiger partial charge in [0.15, 0.2) is 0 Å². The molecule has 0 spiro atoms. The van der Waals surface area contributed by atoms with Crippen molar-refractivity contribution >= 4 is 47.9 Å². The molecule has 2 aromatic carbocycles. The number of rotatable bonds is 4. The zero-order valence-corrected chi connectivity index (χ0v) is 16.8. The summed E-state index contributed by atoms with van der Waals surface area (Å²) in [5.41, 5.74) is 3.33. The van der Waals surface area contributed by atoms with Gasteiger partial charge in [0.1, 0.15) is 5.82 Å². The Labute approximate surface area is 178 Å². The molecular formula is C19H18Cl2FN5O2. The predicted octanol–water partition coefficient (Wildman–Crippen LogP) is 4.56. The Hall–Kier alpha value is -3.10. The van der Waals surface area contributed by atoms with Crippen molar-refractivity contribution in [3.05, 3.63) is 78.1 Å². The molecule has 2 heterocycles. The summed E-state index contributed by atoms with van der Waals surface area (Å²) in [7, 11) is 1.29. The average Bonchev–Trinajstić information content (AvgIpc) is 3.32. The fraction of sp³-hybridized carbons (Fsp3) is 0.105. The monoisotopic (exact) mass is 437 g/mol. The Morgan fingerprint density at radius 1 is 1.17 bits per heavy atom. The fourth-order valence-electron chi connectivity index (χ4n) is 3.01. The highest BCUT2D eigenvalue weighted by molar-refractivity contribution is 5.86. The number of anilines is 1. The number of carbonyl (C=O) groups excluding carboxylic acids is 1. The van der Waals surface area contributed by atoms with Gasteiger partial charge in [-0.1, -0.05) is 18.2 Å². The van der Waals surface area contributed by atoms with E-state index >= 15 is 0 Å². The molecule has 0 radical (unpaired) electrons. The van der Waals surface area contributed by atoms with Gasteiger partial charge in [0.25, 0.3) is 0 Å². The lowest BCUT2D eigenvalue weighted by Gasteiger charge is -2.19. The number of nitrogens with zero attached hydrogens (tertiary/aromatic N) is 3. The molecule has 2 N–H and O–H groups in total. The molecule has 0 aliphatic heterocycles. The van der Waals surface area contributed by atoms with Crippen molar-refractivity contribution in [3.8, 4) is 0 Å². The summed E-state index contributed by atoms with van der Waals surface area (Å²) in [4.78, 5) is 22.9. The van der Waals surface area contributed by atoms with E-state index in [0.29, 0.717) is 11.5 Å². The van der Waals surface area contributed by atoms with Crippen LogP contribution in [0.15, 0.2) is 61.2 Å². The van der Waals surface area contributed by atoms with E-state index < -0.39 is 6.09 Å².